The Morgan fingerprint density at radius 2 is 2.08 bits per heavy atom. The smallest absolute Gasteiger partial charge is 0.278 e. The molecule has 1 amide bonds. The van der Waals surface area contributed by atoms with Gasteiger partial charge in [-0.3, -0.25) is 9.48 Å². The molecule has 3 aromatic heterocycles. The summed E-state index contributed by atoms with van der Waals surface area (Å²) in [6.07, 6.45) is 4.24. The number of carbonyl (C=O) groups excluding carboxylic acids is 1. The Labute approximate surface area is 151 Å². The fourth-order valence-electron chi connectivity index (χ4n) is 3.14. The zero-order valence-corrected chi connectivity index (χ0v) is 15.5. The SMILES string of the molecule is CCCC(CC)n1nc(C(=O)Nc2cc(C)nn2C)c2c(N)ncnc21. The van der Waals surface area contributed by atoms with E-state index in [4.69, 9.17) is 5.73 Å². The predicted molar refractivity (Wildman–Crippen MR) is 99.9 cm³/mol. The van der Waals surface area contributed by atoms with Crippen LogP contribution in [0.25, 0.3) is 11.0 Å². The molecular weight excluding hydrogens is 332 g/mol. The van der Waals surface area contributed by atoms with E-state index in [0.29, 0.717) is 16.9 Å². The Hall–Kier alpha value is -2.97. The van der Waals surface area contributed by atoms with E-state index in [-0.39, 0.29) is 23.5 Å². The van der Waals surface area contributed by atoms with Crippen molar-refractivity contribution in [1.82, 2.24) is 29.5 Å². The van der Waals surface area contributed by atoms with Crippen LogP contribution in [0.4, 0.5) is 11.6 Å². The minimum Gasteiger partial charge on any atom is -0.383 e. The maximum absolute atomic E-state index is 12.9. The summed E-state index contributed by atoms with van der Waals surface area (Å²) in [5, 5.41) is 12.1. The maximum atomic E-state index is 12.9. The molecule has 26 heavy (non-hydrogen) atoms. The van der Waals surface area contributed by atoms with E-state index in [0.717, 1.165) is 25.0 Å². The Morgan fingerprint density at radius 1 is 1.31 bits per heavy atom. The lowest BCUT2D eigenvalue weighted by molar-refractivity contribution is 0.102. The highest BCUT2D eigenvalue weighted by Crippen LogP contribution is 2.27. The lowest BCUT2D eigenvalue weighted by Gasteiger charge is -2.14. The number of hydrogen-bond donors (Lipinski definition) is 2. The molecule has 9 nitrogen and oxygen atoms in total. The zero-order chi connectivity index (χ0) is 18.8. The van der Waals surface area contributed by atoms with Crippen LogP contribution in [0.2, 0.25) is 0 Å². The molecule has 0 bridgehead atoms. The van der Waals surface area contributed by atoms with Gasteiger partial charge in [-0.1, -0.05) is 20.3 Å². The van der Waals surface area contributed by atoms with Crippen LogP contribution in [-0.4, -0.2) is 35.4 Å². The number of fused-ring (bicyclic) bond motifs is 1. The van der Waals surface area contributed by atoms with Crippen molar-refractivity contribution < 1.29 is 4.79 Å². The van der Waals surface area contributed by atoms with E-state index < -0.39 is 0 Å². The molecule has 0 aliphatic heterocycles. The van der Waals surface area contributed by atoms with Crippen LogP contribution in [-0.2, 0) is 7.05 Å². The summed E-state index contributed by atoms with van der Waals surface area (Å²) < 4.78 is 3.42. The highest BCUT2D eigenvalue weighted by Gasteiger charge is 2.24. The van der Waals surface area contributed by atoms with Crippen molar-refractivity contribution in [2.75, 3.05) is 11.1 Å². The molecule has 0 saturated heterocycles. The van der Waals surface area contributed by atoms with Gasteiger partial charge in [0.15, 0.2) is 11.3 Å². The van der Waals surface area contributed by atoms with Crippen molar-refractivity contribution >= 4 is 28.6 Å². The summed E-state index contributed by atoms with van der Waals surface area (Å²) in [6.45, 7) is 6.08. The van der Waals surface area contributed by atoms with Crippen molar-refractivity contribution in [3.05, 3.63) is 23.8 Å². The molecule has 3 heterocycles. The van der Waals surface area contributed by atoms with Gasteiger partial charge in [-0.05, 0) is 19.8 Å². The highest BCUT2D eigenvalue weighted by atomic mass is 16.2. The minimum atomic E-state index is -0.357. The van der Waals surface area contributed by atoms with Crippen LogP contribution in [0.15, 0.2) is 12.4 Å². The Bertz CT molecular complexity index is 942. The maximum Gasteiger partial charge on any atom is 0.278 e. The normalized spacial score (nSPS) is 12.5. The molecule has 0 aliphatic rings. The first-order chi connectivity index (χ1) is 12.5. The van der Waals surface area contributed by atoms with Gasteiger partial charge in [0, 0.05) is 13.1 Å². The van der Waals surface area contributed by atoms with Crippen LogP contribution >= 0.6 is 0 Å². The van der Waals surface area contributed by atoms with Crippen molar-refractivity contribution in [3.8, 4) is 0 Å². The number of hydrogen-bond acceptors (Lipinski definition) is 6. The third-order valence-electron chi connectivity index (χ3n) is 4.42. The molecule has 3 rings (SSSR count). The summed E-state index contributed by atoms with van der Waals surface area (Å²) in [7, 11) is 1.77. The van der Waals surface area contributed by atoms with Gasteiger partial charge in [0.1, 0.15) is 18.0 Å². The van der Waals surface area contributed by atoms with E-state index >= 15 is 0 Å². The largest absolute Gasteiger partial charge is 0.383 e. The van der Waals surface area contributed by atoms with E-state index in [1.807, 2.05) is 6.92 Å². The molecule has 0 saturated carbocycles. The lowest BCUT2D eigenvalue weighted by atomic mass is 10.1. The molecule has 0 fully saturated rings. The van der Waals surface area contributed by atoms with Crippen molar-refractivity contribution in [1.29, 1.82) is 0 Å². The number of amides is 1. The molecule has 1 unspecified atom stereocenters. The van der Waals surface area contributed by atoms with Crippen LogP contribution in [0.1, 0.15) is 55.3 Å². The van der Waals surface area contributed by atoms with Gasteiger partial charge in [-0.15, -0.1) is 0 Å². The number of rotatable bonds is 6. The Kier molecular flexibility index (Phi) is 4.88. The fraction of sp³-hybridized carbons (Fsp3) is 0.471. The lowest BCUT2D eigenvalue weighted by Crippen LogP contribution is -2.17. The molecule has 0 aromatic carbocycles. The van der Waals surface area contributed by atoms with Crippen LogP contribution < -0.4 is 11.1 Å². The van der Waals surface area contributed by atoms with Crippen LogP contribution in [0.5, 0.6) is 0 Å². The van der Waals surface area contributed by atoms with Gasteiger partial charge in [0.25, 0.3) is 5.91 Å². The quantitative estimate of drug-likeness (QED) is 0.701. The molecule has 138 valence electrons. The second-order valence-electron chi connectivity index (χ2n) is 6.35. The first kappa shape index (κ1) is 17.8. The van der Waals surface area contributed by atoms with E-state index in [9.17, 15) is 4.79 Å². The molecule has 1 atom stereocenters. The van der Waals surface area contributed by atoms with Gasteiger partial charge in [-0.2, -0.15) is 10.2 Å². The molecule has 9 heteroatoms. The molecule has 0 radical (unpaired) electrons. The van der Waals surface area contributed by atoms with Gasteiger partial charge in [0.05, 0.1) is 17.1 Å². The molecular formula is C17H24N8O. The third-order valence-corrected chi connectivity index (χ3v) is 4.42. The Balaban J connectivity index is 2.07. The molecule has 3 N–H and O–H groups in total. The van der Waals surface area contributed by atoms with Gasteiger partial charge in [-0.25, -0.2) is 14.6 Å². The second kappa shape index (κ2) is 7.11. The molecule has 0 spiro atoms. The summed E-state index contributed by atoms with van der Waals surface area (Å²) in [5.74, 6) is 0.481. The predicted octanol–water partition coefficient (Wildman–Crippen LogP) is 2.45. The fourth-order valence-corrected chi connectivity index (χ4v) is 3.14. The number of nitrogen functional groups attached to an aromatic ring is 1. The third kappa shape index (κ3) is 3.12. The summed E-state index contributed by atoms with van der Waals surface area (Å²) in [5.41, 5.74) is 7.68. The average molecular weight is 356 g/mol. The first-order valence-corrected chi connectivity index (χ1v) is 8.76. The van der Waals surface area contributed by atoms with Gasteiger partial charge < -0.3 is 11.1 Å². The van der Waals surface area contributed by atoms with E-state index in [1.54, 1.807) is 22.5 Å². The standard InChI is InChI=1S/C17H24N8O/c1-5-7-11(6-2)25-16-13(15(18)19-9-20-16)14(23-25)17(26)21-12-8-10(3)22-24(12)4/h8-9,11H,5-7H2,1-4H3,(H,21,26)(H2,18,19,20). The number of aryl methyl sites for hydroxylation is 2. The summed E-state index contributed by atoms with van der Waals surface area (Å²) in [6, 6.07) is 1.94. The second-order valence-corrected chi connectivity index (χ2v) is 6.35. The Morgan fingerprint density at radius 3 is 2.69 bits per heavy atom. The van der Waals surface area contributed by atoms with Crippen LogP contribution in [0.3, 0.4) is 0 Å². The van der Waals surface area contributed by atoms with Crippen molar-refractivity contribution in [2.24, 2.45) is 7.05 Å². The summed E-state index contributed by atoms with van der Waals surface area (Å²) >= 11 is 0. The number of nitrogens with zero attached hydrogens (tertiary/aromatic N) is 6. The highest BCUT2D eigenvalue weighted by molar-refractivity contribution is 6.12. The van der Waals surface area contributed by atoms with Crippen molar-refractivity contribution in [2.45, 2.75) is 46.1 Å². The number of carbonyl (C=O) groups is 1. The summed E-state index contributed by atoms with van der Waals surface area (Å²) in [4.78, 5) is 21.3. The average Bonchev–Trinajstić information content (AvgIpc) is 3.14. The molecule has 3 aromatic rings. The number of nitrogens with one attached hydrogen (secondary N) is 1. The first-order valence-electron chi connectivity index (χ1n) is 8.76. The number of nitrogens with two attached hydrogens (primary N) is 1. The van der Waals surface area contributed by atoms with Crippen molar-refractivity contribution in [3.63, 3.8) is 0 Å². The van der Waals surface area contributed by atoms with Crippen LogP contribution in [0, 0.1) is 6.92 Å². The minimum absolute atomic E-state index is 0.150. The topological polar surface area (TPSA) is 117 Å². The van der Waals surface area contributed by atoms with Gasteiger partial charge in [0.2, 0.25) is 0 Å². The zero-order valence-electron chi connectivity index (χ0n) is 15.5. The van der Waals surface area contributed by atoms with Gasteiger partial charge >= 0.3 is 0 Å². The number of anilines is 2. The monoisotopic (exact) mass is 356 g/mol. The molecule has 0 aliphatic carbocycles. The van der Waals surface area contributed by atoms with E-state index in [1.165, 1.54) is 6.33 Å². The van der Waals surface area contributed by atoms with E-state index in [2.05, 4.69) is 39.3 Å². The number of aromatic nitrogens is 6.